The van der Waals surface area contributed by atoms with Crippen LogP contribution in [0.15, 0.2) is 18.2 Å². The normalized spacial score (nSPS) is 11.9. The van der Waals surface area contributed by atoms with Crippen LogP contribution in [-0.2, 0) is 6.54 Å². The molecule has 0 aliphatic heterocycles. The van der Waals surface area contributed by atoms with Gasteiger partial charge in [-0.3, -0.25) is 0 Å². The van der Waals surface area contributed by atoms with Crippen molar-refractivity contribution in [2.24, 2.45) is 5.92 Å². The van der Waals surface area contributed by atoms with Crippen LogP contribution in [0.4, 0.5) is 0 Å². The SMILES string of the molecule is COc1ccc(CNCC(C)C#N)cc1C. The van der Waals surface area contributed by atoms with Crippen LogP contribution in [0.2, 0.25) is 0 Å². The van der Waals surface area contributed by atoms with Gasteiger partial charge in [-0.25, -0.2) is 0 Å². The first-order valence-electron chi connectivity index (χ1n) is 5.41. The maximum absolute atomic E-state index is 8.64. The lowest BCUT2D eigenvalue weighted by atomic mass is 10.1. The molecule has 0 spiro atoms. The van der Waals surface area contributed by atoms with Gasteiger partial charge in [0.15, 0.2) is 0 Å². The maximum Gasteiger partial charge on any atom is 0.121 e. The van der Waals surface area contributed by atoms with Crippen LogP contribution < -0.4 is 10.1 Å². The molecule has 0 fully saturated rings. The molecule has 0 aliphatic rings. The van der Waals surface area contributed by atoms with Crippen molar-refractivity contribution < 1.29 is 4.74 Å². The van der Waals surface area contributed by atoms with E-state index in [2.05, 4.69) is 17.5 Å². The molecule has 0 bridgehead atoms. The van der Waals surface area contributed by atoms with E-state index in [1.807, 2.05) is 26.0 Å². The Labute approximate surface area is 97.0 Å². The van der Waals surface area contributed by atoms with E-state index in [1.54, 1.807) is 7.11 Å². The van der Waals surface area contributed by atoms with Crippen LogP contribution in [-0.4, -0.2) is 13.7 Å². The number of benzene rings is 1. The monoisotopic (exact) mass is 218 g/mol. The summed E-state index contributed by atoms with van der Waals surface area (Å²) < 4.78 is 5.20. The second-order valence-electron chi connectivity index (χ2n) is 3.97. The Morgan fingerprint density at radius 1 is 1.50 bits per heavy atom. The number of nitrogens with zero attached hydrogens (tertiary/aromatic N) is 1. The van der Waals surface area contributed by atoms with Gasteiger partial charge in [0.1, 0.15) is 5.75 Å². The van der Waals surface area contributed by atoms with Gasteiger partial charge >= 0.3 is 0 Å². The van der Waals surface area contributed by atoms with Crippen molar-refractivity contribution >= 4 is 0 Å². The molecule has 1 atom stereocenters. The molecule has 3 heteroatoms. The summed E-state index contributed by atoms with van der Waals surface area (Å²) >= 11 is 0. The molecular weight excluding hydrogens is 200 g/mol. The van der Waals surface area contributed by atoms with E-state index in [0.717, 1.165) is 24.4 Å². The number of nitrogens with one attached hydrogen (secondary N) is 1. The Kier molecular flexibility index (Phi) is 4.81. The highest BCUT2D eigenvalue weighted by Gasteiger charge is 2.01. The molecule has 0 radical (unpaired) electrons. The van der Waals surface area contributed by atoms with E-state index >= 15 is 0 Å². The van der Waals surface area contributed by atoms with Crippen molar-refractivity contribution in [1.29, 1.82) is 5.26 Å². The lowest BCUT2D eigenvalue weighted by Gasteiger charge is -2.09. The molecule has 0 heterocycles. The predicted molar refractivity (Wildman–Crippen MR) is 64.2 cm³/mol. The largest absolute Gasteiger partial charge is 0.496 e. The summed E-state index contributed by atoms with van der Waals surface area (Å²) in [6, 6.07) is 8.31. The van der Waals surface area contributed by atoms with Gasteiger partial charge in [-0.2, -0.15) is 5.26 Å². The van der Waals surface area contributed by atoms with Gasteiger partial charge in [0.05, 0.1) is 19.1 Å². The molecular formula is C13H18N2O. The fourth-order valence-corrected chi connectivity index (χ4v) is 1.53. The zero-order chi connectivity index (χ0) is 12.0. The highest BCUT2D eigenvalue weighted by Crippen LogP contribution is 2.18. The van der Waals surface area contributed by atoms with Crippen molar-refractivity contribution in [3.05, 3.63) is 29.3 Å². The minimum Gasteiger partial charge on any atom is -0.496 e. The van der Waals surface area contributed by atoms with Crippen molar-refractivity contribution in [2.45, 2.75) is 20.4 Å². The van der Waals surface area contributed by atoms with Crippen molar-refractivity contribution in [3.63, 3.8) is 0 Å². The highest BCUT2D eigenvalue weighted by molar-refractivity contribution is 5.36. The number of methoxy groups -OCH3 is 1. The van der Waals surface area contributed by atoms with Gasteiger partial charge in [0.25, 0.3) is 0 Å². The Bertz CT molecular complexity index is 382. The van der Waals surface area contributed by atoms with Crippen molar-refractivity contribution in [2.75, 3.05) is 13.7 Å². The predicted octanol–water partition coefficient (Wildman–Crippen LogP) is 2.25. The van der Waals surface area contributed by atoms with E-state index in [0.29, 0.717) is 0 Å². The molecule has 1 N–H and O–H groups in total. The Morgan fingerprint density at radius 3 is 2.81 bits per heavy atom. The zero-order valence-corrected chi connectivity index (χ0v) is 10.1. The average Bonchev–Trinajstić information content (AvgIpc) is 2.29. The molecule has 0 amide bonds. The number of nitriles is 1. The van der Waals surface area contributed by atoms with E-state index in [-0.39, 0.29) is 5.92 Å². The van der Waals surface area contributed by atoms with Crippen LogP contribution in [0.3, 0.4) is 0 Å². The van der Waals surface area contributed by atoms with Gasteiger partial charge in [-0.15, -0.1) is 0 Å². The summed E-state index contributed by atoms with van der Waals surface area (Å²) in [4.78, 5) is 0. The van der Waals surface area contributed by atoms with E-state index in [9.17, 15) is 0 Å². The van der Waals surface area contributed by atoms with Gasteiger partial charge < -0.3 is 10.1 Å². The number of ether oxygens (including phenoxy) is 1. The summed E-state index contributed by atoms with van der Waals surface area (Å²) in [7, 11) is 1.68. The number of rotatable bonds is 5. The van der Waals surface area contributed by atoms with Crippen LogP contribution >= 0.6 is 0 Å². The first-order chi connectivity index (χ1) is 7.67. The molecule has 3 nitrogen and oxygen atoms in total. The van der Waals surface area contributed by atoms with E-state index in [1.165, 1.54) is 5.56 Å². The topological polar surface area (TPSA) is 45.0 Å². The van der Waals surface area contributed by atoms with Gasteiger partial charge in [0.2, 0.25) is 0 Å². The first-order valence-corrected chi connectivity index (χ1v) is 5.41. The molecule has 1 unspecified atom stereocenters. The van der Waals surface area contributed by atoms with Crippen LogP contribution in [0.1, 0.15) is 18.1 Å². The lowest BCUT2D eigenvalue weighted by molar-refractivity contribution is 0.411. The first kappa shape index (κ1) is 12.5. The second-order valence-corrected chi connectivity index (χ2v) is 3.97. The highest BCUT2D eigenvalue weighted by atomic mass is 16.5. The van der Waals surface area contributed by atoms with Gasteiger partial charge in [-0.1, -0.05) is 12.1 Å². The van der Waals surface area contributed by atoms with Crippen LogP contribution in [0, 0.1) is 24.2 Å². The van der Waals surface area contributed by atoms with Crippen molar-refractivity contribution in [3.8, 4) is 11.8 Å². The van der Waals surface area contributed by atoms with E-state index in [4.69, 9.17) is 10.00 Å². The average molecular weight is 218 g/mol. The lowest BCUT2D eigenvalue weighted by Crippen LogP contribution is -2.19. The third-order valence-corrected chi connectivity index (χ3v) is 2.46. The standard InChI is InChI=1S/C13H18N2O/c1-10(7-14)8-15-9-12-4-5-13(16-3)11(2)6-12/h4-6,10,15H,8-9H2,1-3H3. The summed E-state index contributed by atoms with van der Waals surface area (Å²) in [5.74, 6) is 0.966. The number of aryl methyl sites for hydroxylation is 1. The maximum atomic E-state index is 8.64. The van der Waals surface area contributed by atoms with Crippen LogP contribution in [0.5, 0.6) is 5.75 Å². The summed E-state index contributed by atoms with van der Waals surface area (Å²) in [5, 5.41) is 11.9. The zero-order valence-electron chi connectivity index (χ0n) is 10.1. The summed E-state index contributed by atoms with van der Waals surface area (Å²) in [6.07, 6.45) is 0. The minimum absolute atomic E-state index is 0.0549. The Morgan fingerprint density at radius 2 is 2.25 bits per heavy atom. The minimum atomic E-state index is 0.0549. The fourth-order valence-electron chi connectivity index (χ4n) is 1.53. The molecule has 1 aromatic carbocycles. The van der Waals surface area contributed by atoms with Crippen molar-refractivity contribution in [1.82, 2.24) is 5.32 Å². The van der Waals surface area contributed by atoms with Crippen LogP contribution in [0.25, 0.3) is 0 Å². The second kappa shape index (κ2) is 6.14. The summed E-state index contributed by atoms with van der Waals surface area (Å²) in [5.41, 5.74) is 2.35. The quantitative estimate of drug-likeness (QED) is 0.824. The molecule has 0 aromatic heterocycles. The Balaban J connectivity index is 2.50. The molecule has 86 valence electrons. The Hall–Kier alpha value is -1.53. The smallest absolute Gasteiger partial charge is 0.121 e. The molecule has 0 saturated heterocycles. The molecule has 16 heavy (non-hydrogen) atoms. The summed E-state index contributed by atoms with van der Waals surface area (Å²) in [6.45, 7) is 5.45. The van der Waals surface area contributed by atoms with Gasteiger partial charge in [0, 0.05) is 13.1 Å². The number of hydrogen-bond acceptors (Lipinski definition) is 3. The molecule has 0 saturated carbocycles. The third-order valence-electron chi connectivity index (χ3n) is 2.46. The van der Waals surface area contributed by atoms with E-state index < -0.39 is 0 Å². The molecule has 1 rings (SSSR count). The third kappa shape index (κ3) is 3.56. The fraction of sp³-hybridized carbons (Fsp3) is 0.462. The van der Waals surface area contributed by atoms with Gasteiger partial charge in [-0.05, 0) is 31.0 Å². The number of hydrogen-bond donors (Lipinski definition) is 1. The molecule has 0 aliphatic carbocycles. The molecule has 1 aromatic rings.